The molecule has 1 aromatic rings. The van der Waals surface area contributed by atoms with Gasteiger partial charge in [0.15, 0.2) is 0 Å². The lowest BCUT2D eigenvalue weighted by Crippen LogP contribution is -2.39. The van der Waals surface area contributed by atoms with E-state index in [2.05, 4.69) is 9.71 Å². The summed E-state index contributed by atoms with van der Waals surface area (Å²) in [5.41, 5.74) is 1.15. The van der Waals surface area contributed by atoms with Gasteiger partial charge in [-0.1, -0.05) is 0 Å². The molecule has 1 N–H and O–H groups in total. The van der Waals surface area contributed by atoms with Crippen molar-refractivity contribution in [3.63, 3.8) is 0 Å². The van der Waals surface area contributed by atoms with E-state index in [0.717, 1.165) is 12.0 Å². The van der Waals surface area contributed by atoms with E-state index < -0.39 is 10.0 Å². The molecular weight excluding hydrogens is 240 g/mol. The summed E-state index contributed by atoms with van der Waals surface area (Å²) in [7, 11) is -3.18. The van der Waals surface area contributed by atoms with E-state index in [1.807, 2.05) is 12.1 Å². The molecule has 1 saturated heterocycles. The first-order valence-electron chi connectivity index (χ1n) is 5.48. The number of hydrogen-bond acceptors (Lipinski definition) is 4. The summed E-state index contributed by atoms with van der Waals surface area (Å²) in [5, 5.41) is 0. The summed E-state index contributed by atoms with van der Waals surface area (Å²) in [6.07, 6.45) is 5.46. The molecule has 0 aliphatic carbocycles. The van der Waals surface area contributed by atoms with Crippen LogP contribution in [0.15, 0.2) is 24.5 Å². The van der Waals surface area contributed by atoms with Gasteiger partial charge in [0.25, 0.3) is 0 Å². The van der Waals surface area contributed by atoms with Gasteiger partial charge in [-0.05, 0) is 24.1 Å². The highest BCUT2D eigenvalue weighted by Crippen LogP contribution is 2.19. The van der Waals surface area contributed by atoms with Crippen LogP contribution >= 0.6 is 0 Å². The van der Waals surface area contributed by atoms with Crippen LogP contribution in [-0.2, 0) is 21.2 Å². The van der Waals surface area contributed by atoms with Crippen LogP contribution in [0.3, 0.4) is 0 Å². The number of nitrogens with one attached hydrogen (secondary N) is 1. The van der Waals surface area contributed by atoms with E-state index in [9.17, 15) is 8.42 Å². The Morgan fingerprint density at radius 1 is 1.41 bits per heavy atom. The molecule has 1 aliphatic rings. The maximum Gasteiger partial charge on any atom is 0.209 e. The maximum absolute atomic E-state index is 11.2. The molecule has 0 saturated carbocycles. The van der Waals surface area contributed by atoms with Crippen molar-refractivity contribution in [2.45, 2.75) is 12.5 Å². The van der Waals surface area contributed by atoms with Gasteiger partial charge in [-0.2, -0.15) is 0 Å². The molecule has 2 heterocycles. The molecule has 94 valence electrons. The third-order valence-electron chi connectivity index (χ3n) is 2.81. The van der Waals surface area contributed by atoms with Crippen molar-refractivity contribution in [1.82, 2.24) is 9.71 Å². The topological polar surface area (TPSA) is 68.3 Å². The third-order valence-corrected chi connectivity index (χ3v) is 3.54. The van der Waals surface area contributed by atoms with Gasteiger partial charge in [-0.15, -0.1) is 0 Å². The average Bonchev–Trinajstić information content (AvgIpc) is 2.65. The Morgan fingerprint density at radius 3 is 2.76 bits per heavy atom. The molecule has 0 unspecified atom stereocenters. The number of sulfonamides is 1. The van der Waals surface area contributed by atoms with Crippen molar-refractivity contribution in [2.24, 2.45) is 5.92 Å². The summed E-state index contributed by atoms with van der Waals surface area (Å²) in [5.74, 6) is 0.187. The van der Waals surface area contributed by atoms with E-state index in [1.165, 1.54) is 6.26 Å². The van der Waals surface area contributed by atoms with E-state index in [1.54, 1.807) is 12.4 Å². The Kier molecular flexibility index (Phi) is 3.76. The molecule has 0 spiro atoms. The molecule has 0 aromatic carbocycles. The van der Waals surface area contributed by atoms with Gasteiger partial charge in [-0.3, -0.25) is 4.98 Å². The summed E-state index contributed by atoms with van der Waals surface area (Å²) >= 11 is 0. The predicted molar refractivity (Wildman–Crippen MR) is 64.0 cm³/mol. The molecule has 1 fully saturated rings. The van der Waals surface area contributed by atoms with Gasteiger partial charge >= 0.3 is 0 Å². The first-order valence-corrected chi connectivity index (χ1v) is 7.38. The minimum Gasteiger partial charge on any atom is -0.379 e. The Bertz CT molecular complexity index is 461. The van der Waals surface area contributed by atoms with Crippen molar-refractivity contribution in [1.29, 1.82) is 0 Å². The Balaban J connectivity index is 2.01. The van der Waals surface area contributed by atoms with Crippen LogP contribution in [0, 0.1) is 5.92 Å². The van der Waals surface area contributed by atoms with Crippen LogP contribution in [0.4, 0.5) is 0 Å². The van der Waals surface area contributed by atoms with Gasteiger partial charge in [0.05, 0.1) is 25.5 Å². The molecule has 5 nitrogen and oxygen atoms in total. The molecule has 0 amide bonds. The van der Waals surface area contributed by atoms with Crippen LogP contribution in [0.5, 0.6) is 0 Å². The number of aromatic nitrogens is 1. The largest absolute Gasteiger partial charge is 0.379 e. The fraction of sp³-hybridized carbons (Fsp3) is 0.545. The lowest BCUT2D eigenvalue weighted by atomic mass is 9.96. The lowest BCUT2D eigenvalue weighted by molar-refractivity contribution is 0.183. The fourth-order valence-electron chi connectivity index (χ4n) is 2.03. The van der Waals surface area contributed by atoms with Crippen LogP contribution in [0.2, 0.25) is 0 Å². The maximum atomic E-state index is 11.2. The standard InChI is InChI=1S/C11H16N2O3S/c1-17(14,15)13-11-8-16-7-10(11)6-9-2-4-12-5-3-9/h2-5,10-11,13H,6-8H2,1H3/t10-,11-/m1/s1. The molecule has 17 heavy (non-hydrogen) atoms. The van der Waals surface area contributed by atoms with Crippen LogP contribution in [0.25, 0.3) is 0 Å². The molecule has 6 heteroatoms. The summed E-state index contributed by atoms with van der Waals surface area (Å²) < 4.78 is 30.4. The highest BCUT2D eigenvalue weighted by molar-refractivity contribution is 7.88. The van der Waals surface area contributed by atoms with Crippen molar-refractivity contribution in [3.05, 3.63) is 30.1 Å². The quantitative estimate of drug-likeness (QED) is 0.835. The highest BCUT2D eigenvalue weighted by Gasteiger charge is 2.30. The zero-order valence-electron chi connectivity index (χ0n) is 9.67. The smallest absolute Gasteiger partial charge is 0.209 e. The summed E-state index contributed by atoms with van der Waals surface area (Å²) in [4.78, 5) is 3.96. The molecule has 2 atom stereocenters. The number of hydrogen-bond donors (Lipinski definition) is 1. The third kappa shape index (κ3) is 3.76. The molecular formula is C11H16N2O3S. The predicted octanol–water partition coefficient (Wildman–Crippen LogP) is 0.188. The van der Waals surface area contributed by atoms with Gasteiger partial charge in [-0.25, -0.2) is 13.1 Å². The van der Waals surface area contributed by atoms with Gasteiger partial charge in [0.2, 0.25) is 10.0 Å². The Labute approximate surface area is 101 Å². The average molecular weight is 256 g/mol. The van der Waals surface area contributed by atoms with Crippen LogP contribution in [-0.4, -0.2) is 38.9 Å². The second-order valence-electron chi connectivity index (χ2n) is 4.35. The minimum absolute atomic E-state index is 0.127. The number of ether oxygens (including phenoxy) is 1. The minimum atomic E-state index is -3.18. The van der Waals surface area contributed by atoms with E-state index in [0.29, 0.717) is 13.2 Å². The Hall–Kier alpha value is -0.980. The first kappa shape index (κ1) is 12.5. The lowest BCUT2D eigenvalue weighted by Gasteiger charge is -2.17. The number of nitrogens with zero attached hydrogens (tertiary/aromatic N) is 1. The zero-order valence-corrected chi connectivity index (χ0v) is 10.5. The second-order valence-corrected chi connectivity index (χ2v) is 6.13. The van der Waals surface area contributed by atoms with Crippen molar-refractivity contribution >= 4 is 10.0 Å². The summed E-state index contributed by atoms with van der Waals surface area (Å²) in [6.45, 7) is 1.04. The molecule has 0 bridgehead atoms. The monoisotopic (exact) mass is 256 g/mol. The fourth-order valence-corrected chi connectivity index (χ4v) is 2.84. The van der Waals surface area contributed by atoms with Crippen LogP contribution < -0.4 is 4.72 Å². The van der Waals surface area contributed by atoms with Crippen LogP contribution in [0.1, 0.15) is 5.56 Å². The van der Waals surface area contributed by atoms with Crippen molar-refractivity contribution < 1.29 is 13.2 Å². The van der Waals surface area contributed by atoms with E-state index in [-0.39, 0.29) is 12.0 Å². The SMILES string of the molecule is CS(=O)(=O)N[C@@H]1COC[C@H]1Cc1ccncc1. The van der Waals surface area contributed by atoms with E-state index in [4.69, 9.17) is 4.74 Å². The molecule has 1 aromatic heterocycles. The second kappa shape index (κ2) is 5.12. The summed E-state index contributed by atoms with van der Waals surface area (Å²) in [6, 6.07) is 3.75. The Morgan fingerprint density at radius 2 is 2.12 bits per heavy atom. The first-order chi connectivity index (χ1) is 8.04. The number of pyridine rings is 1. The van der Waals surface area contributed by atoms with E-state index >= 15 is 0 Å². The number of rotatable bonds is 4. The molecule has 2 rings (SSSR count). The molecule has 0 radical (unpaired) electrons. The van der Waals surface area contributed by atoms with Gasteiger partial charge in [0.1, 0.15) is 0 Å². The highest BCUT2D eigenvalue weighted by atomic mass is 32.2. The molecule has 1 aliphatic heterocycles. The van der Waals surface area contributed by atoms with Gasteiger partial charge in [0, 0.05) is 18.3 Å². The zero-order chi connectivity index (χ0) is 12.3. The normalized spacial score (nSPS) is 25.0. The van der Waals surface area contributed by atoms with Gasteiger partial charge < -0.3 is 4.74 Å². The van der Waals surface area contributed by atoms with Crippen molar-refractivity contribution in [3.8, 4) is 0 Å². The van der Waals surface area contributed by atoms with Crippen molar-refractivity contribution in [2.75, 3.05) is 19.5 Å².